The minimum Gasteiger partial charge on any atom is -0.744 e. The van der Waals surface area contributed by atoms with Crippen LogP contribution in [0, 0.1) is 0 Å². The summed E-state index contributed by atoms with van der Waals surface area (Å²) in [6.07, 6.45) is 12.7. The van der Waals surface area contributed by atoms with Crippen molar-refractivity contribution in [1.82, 2.24) is 0 Å². The van der Waals surface area contributed by atoms with Crippen LogP contribution in [0.15, 0.2) is 41.3 Å². The third kappa shape index (κ3) is 8.09. The summed E-state index contributed by atoms with van der Waals surface area (Å²) in [6, 6.07) is 10.6. The molecule has 0 aliphatic rings. The maximum absolute atomic E-state index is 11.2. The van der Waals surface area contributed by atoms with Crippen LogP contribution in [0.2, 0.25) is 0 Å². The molecule has 0 amide bonds. The van der Waals surface area contributed by atoms with Gasteiger partial charge in [0.2, 0.25) is 0 Å². The number of hydrogen-bond donors (Lipinski definition) is 0. The second-order valence-corrected chi connectivity index (χ2v) is 8.21. The zero-order chi connectivity index (χ0) is 18.1. The Kier molecular flexibility index (Phi) is 11.8. The third-order valence-corrected chi connectivity index (χ3v) is 5.61. The van der Waals surface area contributed by atoms with E-state index in [1.54, 1.807) is 6.07 Å². The molecule has 5 heteroatoms. The fourth-order valence-electron chi connectivity index (χ4n) is 3.33. The van der Waals surface area contributed by atoms with Crippen LogP contribution in [0.4, 0.5) is 0 Å². The van der Waals surface area contributed by atoms with Crippen LogP contribution in [0.3, 0.4) is 0 Å². The van der Waals surface area contributed by atoms with E-state index < -0.39 is 10.1 Å². The van der Waals surface area contributed by atoms with Crippen LogP contribution in [-0.2, 0) is 16.5 Å². The van der Waals surface area contributed by atoms with Crippen molar-refractivity contribution in [1.29, 1.82) is 0 Å². The first-order chi connectivity index (χ1) is 12.0. The first-order valence-corrected chi connectivity index (χ1v) is 10.9. The van der Waals surface area contributed by atoms with E-state index in [0.717, 1.165) is 23.6 Å². The van der Waals surface area contributed by atoms with Gasteiger partial charge in [-0.2, -0.15) is 0 Å². The molecule has 138 valence electrons. The Morgan fingerprint density at radius 1 is 0.846 bits per heavy atom. The van der Waals surface area contributed by atoms with Crippen molar-refractivity contribution >= 4 is 20.9 Å². The van der Waals surface area contributed by atoms with Gasteiger partial charge in [-0.15, -0.1) is 0 Å². The molecule has 0 aromatic heterocycles. The smallest absolute Gasteiger partial charge is 0.744 e. The van der Waals surface area contributed by atoms with Crippen LogP contribution in [-0.4, -0.2) is 13.0 Å². The number of unbranched alkanes of at least 4 members (excludes halogenated alkanes) is 8. The number of rotatable bonds is 11. The number of hydrogen-bond acceptors (Lipinski definition) is 3. The van der Waals surface area contributed by atoms with Crippen molar-refractivity contribution in [2.24, 2.45) is 0 Å². The summed E-state index contributed by atoms with van der Waals surface area (Å²) in [4.78, 5) is -0.153. The van der Waals surface area contributed by atoms with E-state index in [0.29, 0.717) is 0 Å². The van der Waals surface area contributed by atoms with Crippen molar-refractivity contribution in [3.63, 3.8) is 0 Å². The molecule has 0 heterocycles. The second-order valence-electron chi connectivity index (χ2n) is 6.83. The van der Waals surface area contributed by atoms with Gasteiger partial charge in [0.05, 0.1) is 4.90 Å². The van der Waals surface area contributed by atoms with E-state index >= 15 is 0 Å². The van der Waals surface area contributed by atoms with Gasteiger partial charge in [-0.25, -0.2) is 8.42 Å². The van der Waals surface area contributed by atoms with Gasteiger partial charge < -0.3 is 4.55 Å². The molecule has 0 atom stereocenters. The molecule has 26 heavy (non-hydrogen) atoms. The molecule has 0 bridgehead atoms. The summed E-state index contributed by atoms with van der Waals surface area (Å²) >= 11 is 0. The van der Waals surface area contributed by atoms with Crippen LogP contribution in [0.1, 0.15) is 70.3 Å². The predicted molar refractivity (Wildman–Crippen MR) is 103 cm³/mol. The minimum absolute atomic E-state index is 0. The maximum atomic E-state index is 11.2. The van der Waals surface area contributed by atoms with E-state index in [-0.39, 0.29) is 56.3 Å². The van der Waals surface area contributed by atoms with Gasteiger partial charge in [-0.1, -0.05) is 82.6 Å². The van der Waals surface area contributed by atoms with Gasteiger partial charge in [-0.3, -0.25) is 0 Å². The Morgan fingerprint density at radius 3 is 2.08 bits per heavy atom. The van der Waals surface area contributed by atoms with Crippen LogP contribution >= 0.6 is 0 Å². The summed E-state index contributed by atoms with van der Waals surface area (Å²) in [5.41, 5.74) is 1.23. The van der Waals surface area contributed by atoms with E-state index in [1.165, 1.54) is 69.1 Å². The largest absolute Gasteiger partial charge is 1.00 e. The average Bonchev–Trinajstić information content (AvgIpc) is 2.59. The van der Waals surface area contributed by atoms with Crippen molar-refractivity contribution in [2.75, 3.05) is 0 Å². The summed E-state index contributed by atoms with van der Waals surface area (Å²) in [7, 11) is -4.39. The molecule has 0 unspecified atom stereocenters. The Hall–Kier alpha value is 0.246. The van der Waals surface area contributed by atoms with Gasteiger partial charge >= 0.3 is 51.4 Å². The molecule has 0 N–H and O–H groups in total. The van der Waals surface area contributed by atoms with Crippen LogP contribution in [0.25, 0.3) is 10.8 Å². The van der Waals surface area contributed by atoms with Crippen molar-refractivity contribution in [3.8, 4) is 0 Å². The van der Waals surface area contributed by atoms with Gasteiger partial charge in [0.25, 0.3) is 0 Å². The normalized spacial score (nSPS) is 11.5. The summed E-state index contributed by atoms with van der Waals surface area (Å²) in [5.74, 6) is 0. The Balaban J connectivity index is 0.00000338. The van der Waals surface area contributed by atoms with Crippen molar-refractivity contribution in [3.05, 3.63) is 42.0 Å². The molecular formula is C21H29KO3S. The topological polar surface area (TPSA) is 57.2 Å². The van der Waals surface area contributed by atoms with Crippen LogP contribution < -0.4 is 51.4 Å². The number of benzene rings is 2. The third-order valence-electron chi connectivity index (χ3n) is 4.78. The molecule has 0 fully saturated rings. The van der Waals surface area contributed by atoms with Gasteiger partial charge in [0.15, 0.2) is 0 Å². The molecular weight excluding hydrogens is 371 g/mol. The zero-order valence-electron chi connectivity index (χ0n) is 16.2. The molecule has 2 rings (SSSR count). The number of fused-ring (bicyclic) bond motifs is 1. The van der Waals surface area contributed by atoms with Crippen molar-refractivity contribution < 1.29 is 64.4 Å². The molecule has 0 aliphatic heterocycles. The maximum Gasteiger partial charge on any atom is 1.00 e. The molecule has 0 saturated carbocycles. The summed E-state index contributed by atoms with van der Waals surface area (Å²) in [5, 5.41) is 1.87. The molecule has 0 radical (unpaired) electrons. The molecule has 2 aromatic rings. The van der Waals surface area contributed by atoms with E-state index in [2.05, 4.69) is 13.0 Å². The zero-order valence-corrected chi connectivity index (χ0v) is 20.1. The predicted octanol–water partition coefficient (Wildman–Crippen LogP) is 2.82. The Labute approximate surface area is 201 Å². The van der Waals surface area contributed by atoms with Crippen LogP contribution in [0.5, 0.6) is 0 Å². The van der Waals surface area contributed by atoms with E-state index in [9.17, 15) is 13.0 Å². The van der Waals surface area contributed by atoms with E-state index in [1.807, 2.05) is 12.1 Å². The Morgan fingerprint density at radius 2 is 1.46 bits per heavy atom. The molecule has 0 spiro atoms. The quantitative estimate of drug-likeness (QED) is 0.331. The molecule has 0 aliphatic carbocycles. The standard InChI is InChI=1S/C21H30O3S.K/c1-2-3-4-5-6-7-8-9-10-12-18-13-11-14-19-17-20(25(22,23)24)15-16-21(18)19;/h11,13-17H,2-10,12H2,1H3,(H,22,23,24);/q;+1/p-1. The second kappa shape index (κ2) is 12.7. The monoisotopic (exact) mass is 400 g/mol. The fraction of sp³-hybridized carbons (Fsp3) is 0.524. The molecule has 0 saturated heterocycles. The number of aryl methyl sites for hydroxylation is 1. The summed E-state index contributed by atoms with van der Waals surface area (Å²) < 4.78 is 33.5. The molecule has 3 nitrogen and oxygen atoms in total. The van der Waals surface area contributed by atoms with E-state index in [4.69, 9.17) is 0 Å². The van der Waals surface area contributed by atoms with Gasteiger partial charge in [0, 0.05) is 0 Å². The average molecular weight is 401 g/mol. The van der Waals surface area contributed by atoms with Gasteiger partial charge in [0.1, 0.15) is 10.1 Å². The summed E-state index contributed by atoms with van der Waals surface area (Å²) in [6.45, 7) is 2.24. The SMILES string of the molecule is CCCCCCCCCCCc1cccc2cc(S(=O)(=O)[O-])ccc12.[K+]. The molecule has 2 aromatic carbocycles. The van der Waals surface area contributed by atoms with Gasteiger partial charge in [-0.05, 0) is 41.3 Å². The fourth-order valence-corrected chi connectivity index (χ4v) is 3.83. The first kappa shape index (κ1) is 24.3. The first-order valence-electron chi connectivity index (χ1n) is 9.50. The van der Waals surface area contributed by atoms with Crippen molar-refractivity contribution in [2.45, 2.75) is 76.0 Å². The Bertz CT molecular complexity index is 772. The minimum atomic E-state index is -4.39.